The monoisotopic (exact) mass is 486 g/mol. The first-order valence-electron chi connectivity index (χ1n) is 11.0. The summed E-state index contributed by atoms with van der Waals surface area (Å²) >= 11 is 0. The van der Waals surface area contributed by atoms with Crippen LogP contribution >= 0.6 is 0 Å². The number of hydrogen-bond acceptors (Lipinski definition) is 6. The van der Waals surface area contributed by atoms with E-state index in [9.17, 15) is 22.8 Å². The number of anilines is 1. The molecule has 10 nitrogen and oxygen atoms in total. The van der Waals surface area contributed by atoms with Crippen molar-refractivity contribution >= 4 is 33.6 Å². The van der Waals surface area contributed by atoms with Gasteiger partial charge in [0.05, 0.1) is 11.5 Å². The van der Waals surface area contributed by atoms with E-state index in [2.05, 4.69) is 10.6 Å². The number of nitrogens with zero attached hydrogens (tertiary/aromatic N) is 2. The molecule has 11 heteroatoms. The molecule has 0 aliphatic carbocycles. The fraction of sp³-hybridized carbons (Fsp3) is 0.348. The van der Waals surface area contributed by atoms with Crippen molar-refractivity contribution in [3.8, 4) is 5.75 Å². The van der Waals surface area contributed by atoms with E-state index in [-0.39, 0.29) is 17.9 Å². The number of ether oxygens (including phenoxy) is 1. The number of carbonyl (C=O) groups excluding carboxylic acids is 3. The van der Waals surface area contributed by atoms with Gasteiger partial charge in [0, 0.05) is 30.8 Å². The molecule has 0 aromatic heterocycles. The fourth-order valence-electron chi connectivity index (χ4n) is 4.28. The van der Waals surface area contributed by atoms with Crippen LogP contribution in [0.25, 0.3) is 0 Å². The molecule has 0 saturated carbocycles. The van der Waals surface area contributed by atoms with Crippen molar-refractivity contribution in [2.45, 2.75) is 30.7 Å². The second-order valence-electron chi connectivity index (χ2n) is 7.98. The van der Waals surface area contributed by atoms with Crippen LogP contribution in [0.4, 0.5) is 10.5 Å². The maximum atomic E-state index is 13.3. The number of fused-ring (bicyclic) bond motifs is 2. The van der Waals surface area contributed by atoms with Crippen molar-refractivity contribution in [2.75, 3.05) is 31.6 Å². The number of carbonyl (C=O) groups is 3. The number of benzene rings is 2. The van der Waals surface area contributed by atoms with Crippen LogP contribution in [0.2, 0.25) is 0 Å². The van der Waals surface area contributed by atoms with E-state index >= 15 is 0 Å². The predicted octanol–water partition coefficient (Wildman–Crippen LogP) is 1.89. The van der Waals surface area contributed by atoms with Crippen molar-refractivity contribution in [2.24, 2.45) is 0 Å². The first-order chi connectivity index (χ1) is 16.2. The van der Waals surface area contributed by atoms with Crippen molar-refractivity contribution in [3.05, 3.63) is 54.1 Å². The quantitative estimate of drug-likeness (QED) is 0.576. The summed E-state index contributed by atoms with van der Waals surface area (Å²) in [5.41, 5.74) is -0.346. The van der Waals surface area contributed by atoms with Gasteiger partial charge in [-0.25, -0.2) is 13.2 Å². The van der Waals surface area contributed by atoms with E-state index in [0.717, 1.165) is 4.90 Å². The normalized spacial score (nSPS) is 19.7. The molecule has 1 atom stereocenters. The van der Waals surface area contributed by atoms with Gasteiger partial charge in [0.15, 0.2) is 5.54 Å². The Balaban J connectivity index is 1.46. The molecule has 1 unspecified atom stereocenters. The number of nitrogens with one attached hydrogen (secondary N) is 2. The highest BCUT2D eigenvalue weighted by molar-refractivity contribution is 7.89. The Bertz CT molecular complexity index is 1230. The minimum atomic E-state index is -3.62. The highest BCUT2D eigenvalue weighted by atomic mass is 32.2. The molecule has 4 amide bonds. The molecule has 2 aromatic rings. The Morgan fingerprint density at radius 2 is 1.79 bits per heavy atom. The van der Waals surface area contributed by atoms with Crippen LogP contribution in [0.3, 0.4) is 0 Å². The minimum absolute atomic E-state index is 0.114. The summed E-state index contributed by atoms with van der Waals surface area (Å²) in [6.07, 6.45) is 0.259. The van der Waals surface area contributed by atoms with Crippen LogP contribution in [-0.2, 0) is 25.2 Å². The molecule has 1 spiro atoms. The van der Waals surface area contributed by atoms with Gasteiger partial charge in [-0.3, -0.25) is 14.5 Å². The molecule has 2 aliphatic heterocycles. The Morgan fingerprint density at radius 3 is 2.47 bits per heavy atom. The summed E-state index contributed by atoms with van der Waals surface area (Å²) in [5.74, 6) is -0.572. The van der Waals surface area contributed by atoms with E-state index in [1.54, 1.807) is 38.1 Å². The highest BCUT2D eigenvalue weighted by Crippen LogP contribution is 2.40. The zero-order chi connectivity index (χ0) is 24.5. The molecule has 4 rings (SSSR count). The van der Waals surface area contributed by atoms with Gasteiger partial charge < -0.3 is 15.4 Å². The van der Waals surface area contributed by atoms with Gasteiger partial charge in [-0.15, -0.1) is 0 Å². The van der Waals surface area contributed by atoms with Gasteiger partial charge in [-0.1, -0.05) is 32.0 Å². The summed E-state index contributed by atoms with van der Waals surface area (Å²) < 4.78 is 32.2. The molecular formula is C23H26N4O6S. The predicted molar refractivity (Wildman–Crippen MR) is 124 cm³/mol. The lowest BCUT2D eigenvalue weighted by atomic mass is 9.84. The van der Waals surface area contributed by atoms with E-state index in [4.69, 9.17) is 4.74 Å². The van der Waals surface area contributed by atoms with Crippen LogP contribution in [0.15, 0.2) is 53.4 Å². The van der Waals surface area contributed by atoms with Crippen LogP contribution < -0.4 is 15.4 Å². The Morgan fingerprint density at radius 1 is 1.12 bits per heavy atom. The largest absolute Gasteiger partial charge is 0.493 e. The molecule has 0 radical (unpaired) electrons. The highest BCUT2D eigenvalue weighted by Gasteiger charge is 2.55. The number of imide groups is 1. The van der Waals surface area contributed by atoms with Crippen LogP contribution in [0, 0.1) is 0 Å². The standard InChI is InChI=1S/C23H26N4O6S/c1-3-26(4-2)34(31,32)17-11-9-16(10-12-17)24-20(28)15-27-21(29)23(25-22(27)30)13-14-33-19-8-6-5-7-18(19)23/h5-12H,3-4,13-15H2,1-2H3,(H,24,28)(H,25,30). The maximum absolute atomic E-state index is 13.3. The SMILES string of the molecule is CCN(CC)S(=O)(=O)c1ccc(NC(=O)CN2C(=O)NC3(CCOc4ccccc43)C2=O)cc1. The number of hydrogen-bond donors (Lipinski definition) is 2. The summed E-state index contributed by atoms with van der Waals surface area (Å²) in [4.78, 5) is 39.5. The zero-order valence-corrected chi connectivity index (χ0v) is 19.7. The lowest BCUT2D eigenvalue weighted by Crippen LogP contribution is -2.48. The van der Waals surface area contributed by atoms with Gasteiger partial charge in [-0.2, -0.15) is 4.31 Å². The molecule has 1 saturated heterocycles. The second-order valence-corrected chi connectivity index (χ2v) is 9.92. The number of sulfonamides is 1. The maximum Gasteiger partial charge on any atom is 0.325 e. The topological polar surface area (TPSA) is 125 Å². The molecule has 2 aliphatic rings. The van der Waals surface area contributed by atoms with E-state index < -0.39 is 40.0 Å². The van der Waals surface area contributed by atoms with Crippen LogP contribution in [-0.4, -0.2) is 61.7 Å². The molecule has 180 valence electrons. The number of para-hydroxylation sites is 1. The van der Waals surface area contributed by atoms with Crippen molar-refractivity contribution < 1.29 is 27.5 Å². The summed E-state index contributed by atoms with van der Waals surface area (Å²) in [6, 6.07) is 12.1. The fourth-order valence-corrected chi connectivity index (χ4v) is 5.74. The van der Waals surface area contributed by atoms with Gasteiger partial charge in [-0.05, 0) is 30.3 Å². The van der Waals surface area contributed by atoms with Crippen molar-refractivity contribution in [1.82, 2.24) is 14.5 Å². The van der Waals surface area contributed by atoms with E-state index in [0.29, 0.717) is 30.1 Å². The van der Waals surface area contributed by atoms with Crippen LogP contribution in [0.5, 0.6) is 5.75 Å². The van der Waals surface area contributed by atoms with E-state index in [1.165, 1.54) is 28.6 Å². The lowest BCUT2D eigenvalue weighted by Gasteiger charge is -2.33. The Labute approximate surface area is 197 Å². The second kappa shape index (κ2) is 9.07. The summed E-state index contributed by atoms with van der Waals surface area (Å²) in [6.45, 7) is 3.99. The molecule has 0 bridgehead atoms. The Kier molecular flexibility index (Phi) is 6.32. The third-order valence-corrected chi connectivity index (χ3v) is 8.10. The number of urea groups is 1. The van der Waals surface area contributed by atoms with Gasteiger partial charge >= 0.3 is 6.03 Å². The third-order valence-electron chi connectivity index (χ3n) is 6.04. The molecule has 2 aromatic carbocycles. The van der Waals surface area contributed by atoms with E-state index in [1.807, 2.05) is 0 Å². The lowest BCUT2D eigenvalue weighted by molar-refractivity contribution is -0.135. The average molecular weight is 487 g/mol. The summed E-state index contributed by atoms with van der Waals surface area (Å²) in [7, 11) is -3.62. The minimum Gasteiger partial charge on any atom is -0.493 e. The number of amides is 4. The van der Waals surface area contributed by atoms with Gasteiger partial charge in [0.1, 0.15) is 12.3 Å². The average Bonchev–Trinajstić information content (AvgIpc) is 3.05. The Hall–Kier alpha value is -3.44. The smallest absolute Gasteiger partial charge is 0.325 e. The van der Waals surface area contributed by atoms with Gasteiger partial charge in [0.25, 0.3) is 5.91 Å². The molecule has 34 heavy (non-hydrogen) atoms. The first kappa shape index (κ1) is 23.7. The van der Waals surface area contributed by atoms with Crippen LogP contribution in [0.1, 0.15) is 25.8 Å². The van der Waals surface area contributed by atoms with Gasteiger partial charge in [0.2, 0.25) is 15.9 Å². The molecular weight excluding hydrogens is 460 g/mol. The zero-order valence-electron chi connectivity index (χ0n) is 18.9. The first-order valence-corrected chi connectivity index (χ1v) is 12.4. The molecule has 2 N–H and O–H groups in total. The summed E-state index contributed by atoms with van der Waals surface area (Å²) in [5, 5.41) is 5.36. The number of rotatable bonds is 7. The molecule has 2 heterocycles. The van der Waals surface area contributed by atoms with Crippen molar-refractivity contribution in [1.29, 1.82) is 0 Å². The molecule has 1 fully saturated rings. The van der Waals surface area contributed by atoms with Crippen molar-refractivity contribution in [3.63, 3.8) is 0 Å². The third kappa shape index (κ3) is 4.01.